The zero-order chi connectivity index (χ0) is 22.8. The van der Waals surface area contributed by atoms with Crippen LogP contribution in [0.25, 0.3) is 16.9 Å². The Bertz CT molecular complexity index is 1290. The molecule has 0 unspecified atom stereocenters. The van der Waals surface area contributed by atoms with E-state index >= 15 is 0 Å². The maximum atomic E-state index is 13.6. The molecule has 0 aliphatic rings. The van der Waals surface area contributed by atoms with E-state index in [0.717, 1.165) is 6.07 Å². The fraction of sp³-hybridized carbons (Fsp3) is 0.174. The van der Waals surface area contributed by atoms with Gasteiger partial charge < -0.3 is 14.5 Å². The highest BCUT2D eigenvalue weighted by molar-refractivity contribution is 6.03. The van der Waals surface area contributed by atoms with Gasteiger partial charge in [-0.2, -0.15) is 0 Å². The van der Waals surface area contributed by atoms with Gasteiger partial charge in [0, 0.05) is 24.0 Å². The number of anilines is 1. The van der Waals surface area contributed by atoms with Crippen molar-refractivity contribution in [1.82, 2.24) is 14.4 Å². The number of benzene rings is 1. The van der Waals surface area contributed by atoms with Gasteiger partial charge in [0.05, 0.1) is 11.8 Å². The van der Waals surface area contributed by atoms with Crippen LogP contribution in [0.5, 0.6) is 5.75 Å². The number of halogens is 3. The number of imidazole rings is 1. The van der Waals surface area contributed by atoms with Crippen molar-refractivity contribution < 1.29 is 22.7 Å². The van der Waals surface area contributed by atoms with E-state index in [1.807, 2.05) is 13.8 Å². The Morgan fingerprint density at radius 2 is 1.84 bits per heavy atom. The van der Waals surface area contributed by atoms with Crippen molar-refractivity contribution in [2.75, 3.05) is 5.32 Å². The molecule has 4 rings (SSSR count). The fourth-order valence-corrected chi connectivity index (χ4v) is 3.13. The van der Waals surface area contributed by atoms with Crippen LogP contribution in [0.2, 0.25) is 0 Å². The molecule has 4 aromatic rings. The van der Waals surface area contributed by atoms with Crippen LogP contribution < -0.4 is 10.1 Å². The van der Waals surface area contributed by atoms with Crippen LogP contribution in [0.15, 0.2) is 60.9 Å². The van der Waals surface area contributed by atoms with Crippen LogP contribution in [0, 0.1) is 5.82 Å². The fourth-order valence-electron chi connectivity index (χ4n) is 3.13. The summed E-state index contributed by atoms with van der Waals surface area (Å²) in [6.45, 7) is 3.65. The molecular formula is C23H19F3N4O2. The first-order valence-corrected chi connectivity index (χ1v) is 9.82. The number of hydrogen-bond donors (Lipinski definition) is 1. The van der Waals surface area contributed by atoms with Crippen molar-refractivity contribution in [3.05, 3.63) is 78.1 Å². The Hall–Kier alpha value is -3.88. The number of fused-ring (bicyclic) bond motifs is 1. The summed E-state index contributed by atoms with van der Waals surface area (Å²) in [6.07, 6.45) is 0.295. The minimum absolute atomic E-state index is 0.149. The van der Waals surface area contributed by atoms with Gasteiger partial charge in [0.1, 0.15) is 34.3 Å². The Kier molecular flexibility index (Phi) is 5.81. The number of hydrogen-bond acceptors (Lipinski definition) is 4. The van der Waals surface area contributed by atoms with Gasteiger partial charge in [0.15, 0.2) is 0 Å². The average Bonchev–Trinajstić information content (AvgIpc) is 3.16. The maximum absolute atomic E-state index is 13.6. The van der Waals surface area contributed by atoms with Gasteiger partial charge in [-0.15, -0.1) is 0 Å². The Labute approximate surface area is 181 Å². The standard InChI is InChI=1S/C23H19F3N4O2/c1-13(2)32-20-10-21-28-18(14-5-3-6-15(24)9-14)11-30(21)12-19(20)29-23(31)17-8-4-7-16(27-17)22(25)26/h3-13,22H,1-2H3,(H,29,31). The summed E-state index contributed by atoms with van der Waals surface area (Å²) >= 11 is 0. The number of carbonyl (C=O) groups is 1. The first-order valence-electron chi connectivity index (χ1n) is 9.82. The number of aromatic nitrogens is 3. The molecule has 0 fully saturated rings. The van der Waals surface area contributed by atoms with Crippen LogP contribution >= 0.6 is 0 Å². The minimum atomic E-state index is -2.79. The molecule has 9 heteroatoms. The van der Waals surface area contributed by atoms with Crippen LogP contribution in [0.1, 0.15) is 36.5 Å². The molecular weight excluding hydrogens is 421 g/mol. The number of pyridine rings is 2. The Morgan fingerprint density at radius 3 is 2.56 bits per heavy atom. The van der Waals surface area contributed by atoms with E-state index in [1.165, 1.54) is 24.3 Å². The van der Waals surface area contributed by atoms with Gasteiger partial charge in [-0.3, -0.25) is 4.79 Å². The van der Waals surface area contributed by atoms with Crippen molar-refractivity contribution in [1.29, 1.82) is 0 Å². The summed E-state index contributed by atoms with van der Waals surface area (Å²) in [5.41, 5.74) is 1.33. The SMILES string of the molecule is CC(C)Oc1cc2nc(-c3cccc(F)c3)cn2cc1NC(=O)c1cccc(C(F)F)n1. The van der Waals surface area contributed by atoms with Crippen molar-refractivity contribution in [3.63, 3.8) is 0 Å². The summed E-state index contributed by atoms with van der Waals surface area (Å²) < 4.78 is 47.0. The van der Waals surface area contributed by atoms with E-state index in [-0.39, 0.29) is 17.6 Å². The lowest BCUT2D eigenvalue weighted by Gasteiger charge is -2.15. The second kappa shape index (κ2) is 8.70. The number of nitrogens with one attached hydrogen (secondary N) is 1. The predicted octanol–water partition coefficient (Wildman–Crippen LogP) is 5.51. The Balaban J connectivity index is 1.72. The molecule has 0 bridgehead atoms. The molecule has 1 N–H and O–H groups in total. The summed E-state index contributed by atoms with van der Waals surface area (Å²) in [6, 6.07) is 11.5. The summed E-state index contributed by atoms with van der Waals surface area (Å²) in [7, 11) is 0. The number of rotatable bonds is 6. The summed E-state index contributed by atoms with van der Waals surface area (Å²) in [5.74, 6) is -0.692. The van der Waals surface area contributed by atoms with Crippen LogP contribution in [-0.2, 0) is 0 Å². The molecule has 0 saturated carbocycles. The number of ether oxygens (including phenoxy) is 1. The number of nitrogens with zero attached hydrogens (tertiary/aromatic N) is 3. The van der Waals surface area contributed by atoms with E-state index in [4.69, 9.17) is 4.74 Å². The summed E-state index contributed by atoms with van der Waals surface area (Å²) in [4.78, 5) is 20.9. The quantitative estimate of drug-likeness (QED) is 0.429. The average molecular weight is 440 g/mol. The lowest BCUT2D eigenvalue weighted by Crippen LogP contribution is -2.17. The largest absolute Gasteiger partial charge is 0.489 e. The topological polar surface area (TPSA) is 68.5 Å². The second-order valence-electron chi connectivity index (χ2n) is 7.32. The molecule has 0 aliphatic heterocycles. The Morgan fingerprint density at radius 1 is 1.06 bits per heavy atom. The van der Waals surface area contributed by atoms with Crippen molar-refractivity contribution in [2.24, 2.45) is 0 Å². The molecule has 0 radical (unpaired) electrons. The van der Waals surface area contributed by atoms with Crippen LogP contribution in [-0.4, -0.2) is 26.4 Å². The maximum Gasteiger partial charge on any atom is 0.280 e. The molecule has 0 atom stereocenters. The molecule has 3 aromatic heterocycles. The van der Waals surface area contributed by atoms with Gasteiger partial charge in [-0.1, -0.05) is 18.2 Å². The van der Waals surface area contributed by atoms with Crippen molar-refractivity contribution in [2.45, 2.75) is 26.4 Å². The lowest BCUT2D eigenvalue weighted by molar-refractivity contribution is 0.101. The van der Waals surface area contributed by atoms with E-state index in [0.29, 0.717) is 28.3 Å². The van der Waals surface area contributed by atoms with Crippen LogP contribution in [0.3, 0.4) is 0 Å². The van der Waals surface area contributed by atoms with E-state index in [9.17, 15) is 18.0 Å². The second-order valence-corrected chi connectivity index (χ2v) is 7.32. The van der Waals surface area contributed by atoms with Crippen molar-refractivity contribution >= 4 is 17.2 Å². The molecule has 1 aromatic carbocycles. The number of amides is 1. The third kappa shape index (κ3) is 4.56. The van der Waals surface area contributed by atoms with Crippen molar-refractivity contribution in [3.8, 4) is 17.0 Å². The molecule has 32 heavy (non-hydrogen) atoms. The van der Waals surface area contributed by atoms with Gasteiger partial charge in [-0.25, -0.2) is 23.1 Å². The zero-order valence-corrected chi connectivity index (χ0v) is 17.2. The monoisotopic (exact) mass is 440 g/mol. The van der Waals surface area contributed by atoms with Crippen LogP contribution in [0.4, 0.5) is 18.9 Å². The van der Waals surface area contributed by atoms with Gasteiger partial charge in [0.25, 0.3) is 12.3 Å². The van der Waals surface area contributed by atoms with Gasteiger partial charge in [-0.05, 0) is 38.1 Å². The molecule has 1 amide bonds. The molecule has 6 nitrogen and oxygen atoms in total. The first-order chi connectivity index (χ1) is 15.3. The van der Waals surface area contributed by atoms with E-state index < -0.39 is 18.0 Å². The molecule has 164 valence electrons. The smallest absolute Gasteiger partial charge is 0.280 e. The zero-order valence-electron chi connectivity index (χ0n) is 17.2. The van der Waals surface area contributed by atoms with E-state index in [1.54, 1.807) is 35.0 Å². The molecule has 0 saturated heterocycles. The lowest BCUT2D eigenvalue weighted by atomic mass is 10.2. The number of alkyl halides is 2. The highest BCUT2D eigenvalue weighted by Gasteiger charge is 2.17. The third-order valence-electron chi connectivity index (χ3n) is 4.51. The molecule has 3 heterocycles. The third-order valence-corrected chi connectivity index (χ3v) is 4.51. The first kappa shape index (κ1) is 21.4. The molecule has 0 spiro atoms. The predicted molar refractivity (Wildman–Crippen MR) is 113 cm³/mol. The number of carbonyl (C=O) groups excluding carboxylic acids is 1. The highest BCUT2D eigenvalue weighted by Crippen LogP contribution is 2.30. The summed E-state index contributed by atoms with van der Waals surface area (Å²) in [5, 5.41) is 2.67. The normalized spacial score (nSPS) is 11.3. The van der Waals surface area contributed by atoms with Gasteiger partial charge in [0.2, 0.25) is 0 Å². The van der Waals surface area contributed by atoms with E-state index in [2.05, 4.69) is 15.3 Å². The van der Waals surface area contributed by atoms with Gasteiger partial charge >= 0.3 is 0 Å². The highest BCUT2D eigenvalue weighted by atomic mass is 19.3. The minimum Gasteiger partial charge on any atom is -0.489 e. The molecule has 0 aliphatic carbocycles.